The summed E-state index contributed by atoms with van der Waals surface area (Å²) in [5.74, 6) is 0.0826. The second-order valence-electron chi connectivity index (χ2n) is 17.2. The number of nitrogens with zero attached hydrogens (tertiary/aromatic N) is 3. The van der Waals surface area contributed by atoms with Crippen LogP contribution in [0.3, 0.4) is 0 Å². The highest BCUT2D eigenvalue weighted by Crippen LogP contribution is 2.41. The molecule has 3 N–H and O–H groups in total. The van der Waals surface area contributed by atoms with Crippen molar-refractivity contribution >= 4 is 58.1 Å². The Morgan fingerprint density at radius 2 is 1.39 bits per heavy atom. The molecule has 0 fully saturated rings. The van der Waals surface area contributed by atoms with Crippen LogP contribution in [0.1, 0.15) is 78.6 Å². The summed E-state index contributed by atoms with van der Waals surface area (Å²) in [5, 5.41) is 22.1. The summed E-state index contributed by atoms with van der Waals surface area (Å²) in [4.78, 5) is 44.4. The Bertz CT molecular complexity index is 2560. The van der Waals surface area contributed by atoms with Crippen LogP contribution in [0.5, 0.6) is 5.75 Å². The van der Waals surface area contributed by atoms with Gasteiger partial charge in [-0.1, -0.05) is 55.3 Å². The molecule has 6 rings (SSSR count). The number of nitriles is 1. The summed E-state index contributed by atoms with van der Waals surface area (Å²) >= 11 is 7.49. The number of hydrogen-bond acceptors (Lipinski definition) is 14. The van der Waals surface area contributed by atoms with Crippen LogP contribution < -0.4 is 25.6 Å². The maximum Gasteiger partial charge on any atom is 0.262 e. The van der Waals surface area contributed by atoms with Crippen LogP contribution >= 0.6 is 22.9 Å². The molecular weight excluding hydrogens is 984 g/mol. The van der Waals surface area contributed by atoms with Gasteiger partial charge in [0.05, 0.1) is 91.4 Å². The maximum atomic E-state index is 12.9. The smallest absolute Gasteiger partial charge is 0.262 e. The average molecular weight is 1050 g/mol. The number of amides is 3. The van der Waals surface area contributed by atoms with E-state index in [2.05, 4.69) is 33.9 Å². The van der Waals surface area contributed by atoms with E-state index in [0.29, 0.717) is 114 Å². The molecule has 1 aromatic heterocycles. The number of hydrogen-bond donors (Lipinski definition) is 3. The second-order valence-corrected chi connectivity index (χ2v) is 18.6. The number of fused-ring (bicyclic) bond motifs is 1. The van der Waals surface area contributed by atoms with E-state index in [-0.39, 0.29) is 35.5 Å². The van der Waals surface area contributed by atoms with E-state index in [9.17, 15) is 19.6 Å². The first-order valence-electron chi connectivity index (χ1n) is 25.0. The lowest BCUT2D eigenvalue weighted by atomic mass is 9.88. The predicted octanol–water partition coefficient (Wildman–Crippen LogP) is 9.23. The van der Waals surface area contributed by atoms with Gasteiger partial charge in [-0.05, 0) is 109 Å². The van der Waals surface area contributed by atoms with Crippen molar-refractivity contribution in [2.75, 3.05) is 103 Å². The van der Waals surface area contributed by atoms with E-state index in [1.165, 1.54) is 17.4 Å². The Balaban J connectivity index is 0.729. The third-order valence-corrected chi connectivity index (χ3v) is 12.8. The highest BCUT2D eigenvalue weighted by molar-refractivity contribution is 7.10. The molecule has 18 heteroatoms. The van der Waals surface area contributed by atoms with Crippen LogP contribution in [0.25, 0.3) is 17.2 Å². The molecule has 0 saturated carbocycles. The molecule has 1 aliphatic heterocycles. The fraction of sp³-hybridized carbons (Fsp3) is 0.411. The van der Waals surface area contributed by atoms with Gasteiger partial charge in [0.25, 0.3) is 11.8 Å². The van der Waals surface area contributed by atoms with Crippen LogP contribution in [0, 0.1) is 11.3 Å². The SMILES string of the molecule is CCCC(NC(=O)/C(C#N)=C/c1nccs1)c1ccc(OCCOCCOCCOCCOCCOCCOCCNC(=O)c2ccc(-c3ccc4c(c3)[C@H](Nc3ccc(Cl)cc3)C[C@H](C)N4C(C)=O)cc2)cc1. The van der Waals surface area contributed by atoms with E-state index in [4.69, 9.17) is 44.8 Å². The summed E-state index contributed by atoms with van der Waals surface area (Å²) in [6, 6.07) is 30.6. The van der Waals surface area contributed by atoms with Gasteiger partial charge >= 0.3 is 0 Å². The molecule has 16 nitrogen and oxygen atoms in total. The molecule has 2 heterocycles. The van der Waals surface area contributed by atoms with Crippen molar-refractivity contribution in [2.45, 2.75) is 58.2 Å². The average Bonchev–Trinajstić information content (AvgIpc) is 3.93. The summed E-state index contributed by atoms with van der Waals surface area (Å²) in [6.07, 6.45) is 5.45. The van der Waals surface area contributed by atoms with Gasteiger partial charge in [0, 0.05) is 53.0 Å². The molecular formula is C56H67ClN6O10S. The van der Waals surface area contributed by atoms with E-state index < -0.39 is 5.91 Å². The van der Waals surface area contributed by atoms with Gasteiger partial charge in [-0.25, -0.2) is 4.98 Å². The molecule has 5 aromatic rings. The summed E-state index contributed by atoms with van der Waals surface area (Å²) < 4.78 is 39.3. The van der Waals surface area contributed by atoms with Gasteiger partial charge in [-0.3, -0.25) is 14.4 Å². The van der Waals surface area contributed by atoms with Crippen molar-refractivity contribution in [2.24, 2.45) is 0 Å². The monoisotopic (exact) mass is 1050 g/mol. The number of rotatable bonds is 32. The minimum atomic E-state index is -0.429. The van der Waals surface area contributed by atoms with Crippen molar-refractivity contribution in [3.8, 4) is 22.9 Å². The first-order valence-corrected chi connectivity index (χ1v) is 26.2. The zero-order valence-corrected chi connectivity index (χ0v) is 43.9. The molecule has 394 valence electrons. The minimum absolute atomic E-state index is 0.00549. The molecule has 0 bridgehead atoms. The van der Waals surface area contributed by atoms with Gasteiger partial charge in [0.2, 0.25) is 5.91 Å². The van der Waals surface area contributed by atoms with E-state index in [1.807, 2.05) is 103 Å². The molecule has 0 aliphatic carbocycles. The number of nitrogens with one attached hydrogen (secondary N) is 3. The molecule has 74 heavy (non-hydrogen) atoms. The summed E-state index contributed by atoms with van der Waals surface area (Å²) in [7, 11) is 0. The maximum absolute atomic E-state index is 12.9. The topological polar surface area (TPSA) is 192 Å². The molecule has 1 aliphatic rings. The molecule has 3 amide bonds. The van der Waals surface area contributed by atoms with Crippen molar-refractivity contribution < 1.29 is 47.5 Å². The van der Waals surface area contributed by atoms with Crippen LogP contribution in [0.2, 0.25) is 5.02 Å². The lowest BCUT2D eigenvalue weighted by molar-refractivity contribution is -0.118. The molecule has 3 atom stereocenters. The Labute approximate surface area is 443 Å². The molecule has 0 saturated heterocycles. The van der Waals surface area contributed by atoms with E-state index in [1.54, 1.807) is 18.5 Å². The van der Waals surface area contributed by atoms with Gasteiger partial charge in [0.15, 0.2) is 0 Å². The van der Waals surface area contributed by atoms with Crippen molar-refractivity contribution in [1.29, 1.82) is 5.26 Å². The van der Waals surface area contributed by atoms with Crippen LogP contribution in [-0.2, 0) is 38.0 Å². The van der Waals surface area contributed by atoms with Gasteiger partial charge in [-0.2, -0.15) is 5.26 Å². The summed E-state index contributed by atoms with van der Waals surface area (Å²) in [6.45, 7) is 11.5. The highest BCUT2D eigenvalue weighted by Gasteiger charge is 2.33. The standard InChI is InChI=1S/C56H67ClN6O10S/c1-4-5-51(62-56(66)46(39-58)38-54-59-21-35-74-54)43-10-17-49(18-11-43)73-34-33-72-32-31-71-30-29-70-28-27-69-26-25-68-24-23-67-22-20-60-55(65)44-8-6-42(7-9-44)45-12-19-53-50(37-45)52(36-40(2)63(53)41(3)64)61-48-15-13-47(57)14-16-48/h6-19,21,35,37-38,40,51-52,61H,4-5,20,22-34,36H2,1-3H3,(H,60,65)(H,62,66)/b46-38+/t40-,51?,52+/m0/s1. The Kier molecular flexibility index (Phi) is 24.3. The van der Waals surface area contributed by atoms with Crippen molar-refractivity contribution in [1.82, 2.24) is 15.6 Å². The molecule has 4 aromatic carbocycles. The minimum Gasteiger partial charge on any atom is -0.491 e. The van der Waals surface area contributed by atoms with E-state index >= 15 is 0 Å². The number of carbonyl (C=O) groups is 3. The number of thiazole rings is 1. The lowest BCUT2D eigenvalue weighted by Crippen LogP contribution is -2.43. The normalized spacial score (nSPS) is 14.7. The van der Waals surface area contributed by atoms with Crippen molar-refractivity contribution in [3.05, 3.63) is 135 Å². The number of halogens is 1. The number of ether oxygens (including phenoxy) is 7. The second kappa shape index (κ2) is 31.5. The first-order chi connectivity index (χ1) is 36.1. The van der Waals surface area contributed by atoms with Crippen molar-refractivity contribution in [3.63, 3.8) is 0 Å². The van der Waals surface area contributed by atoms with E-state index in [0.717, 1.165) is 52.9 Å². The Morgan fingerprint density at radius 1 is 0.797 bits per heavy atom. The van der Waals surface area contributed by atoms with Crippen LogP contribution in [-0.4, -0.2) is 121 Å². The number of carbonyl (C=O) groups excluding carboxylic acids is 3. The fourth-order valence-corrected chi connectivity index (χ4v) is 8.90. The predicted molar refractivity (Wildman–Crippen MR) is 288 cm³/mol. The molecule has 0 spiro atoms. The third kappa shape index (κ3) is 18.6. The van der Waals surface area contributed by atoms with Gasteiger partial charge in [0.1, 0.15) is 29.0 Å². The van der Waals surface area contributed by atoms with Gasteiger partial charge in [-0.15, -0.1) is 11.3 Å². The summed E-state index contributed by atoms with van der Waals surface area (Å²) in [5.41, 5.74) is 6.32. The quantitative estimate of drug-likeness (QED) is 0.0210. The fourth-order valence-electron chi connectivity index (χ4n) is 8.20. The highest BCUT2D eigenvalue weighted by atomic mass is 35.5. The number of anilines is 2. The number of benzene rings is 4. The molecule has 1 unspecified atom stereocenters. The van der Waals surface area contributed by atoms with Gasteiger partial charge < -0.3 is 54.0 Å². The van der Waals surface area contributed by atoms with Crippen LogP contribution in [0.15, 0.2) is 108 Å². The Hall–Kier alpha value is -6.20. The third-order valence-electron chi connectivity index (χ3n) is 11.8. The Morgan fingerprint density at radius 3 is 1.96 bits per heavy atom. The zero-order chi connectivity index (χ0) is 52.3. The van der Waals surface area contributed by atoms with Crippen LogP contribution in [0.4, 0.5) is 11.4 Å². The molecule has 0 radical (unpaired) electrons. The lowest BCUT2D eigenvalue weighted by Gasteiger charge is -2.39. The number of aromatic nitrogens is 1. The zero-order valence-electron chi connectivity index (χ0n) is 42.4. The largest absolute Gasteiger partial charge is 0.491 e. The first kappa shape index (κ1) is 57.1.